The van der Waals surface area contributed by atoms with Gasteiger partial charge in [-0.2, -0.15) is 0 Å². The molecule has 0 aromatic heterocycles. The highest BCUT2D eigenvalue weighted by atomic mass is 35.5. The topological polar surface area (TPSA) is 70.5 Å². The summed E-state index contributed by atoms with van der Waals surface area (Å²) < 4.78 is 0. The van der Waals surface area contributed by atoms with Gasteiger partial charge in [0.05, 0.1) is 11.7 Å². The van der Waals surface area contributed by atoms with E-state index in [-0.39, 0.29) is 6.04 Å². The lowest BCUT2D eigenvalue weighted by molar-refractivity contribution is 0.370. The van der Waals surface area contributed by atoms with Crippen molar-refractivity contribution in [2.24, 2.45) is 11.6 Å². The first kappa shape index (κ1) is 20.8. The molecule has 2 aliphatic heterocycles. The van der Waals surface area contributed by atoms with Gasteiger partial charge in [0.15, 0.2) is 0 Å². The van der Waals surface area contributed by atoms with Crippen LogP contribution in [0, 0.1) is 0 Å². The number of hydrogen-bond donors (Lipinski definition) is 3. The highest BCUT2D eigenvalue weighted by molar-refractivity contribution is 6.30. The summed E-state index contributed by atoms with van der Waals surface area (Å²) in [5, 5.41) is 6.18. The van der Waals surface area contributed by atoms with Gasteiger partial charge in [0.2, 0.25) is 0 Å². The predicted molar refractivity (Wildman–Crippen MR) is 127 cm³/mol. The molecule has 158 valence electrons. The maximum atomic E-state index is 6.40. The van der Waals surface area contributed by atoms with Crippen LogP contribution in [0.25, 0.3) is 11.3 Å². The summed E-state index contributed by atoms with van der Waals surface area (Å²) in [5.41, 5.74) is 13.9. The van der Waals surface area contributed by atoms with Crippen molar-refractivity contribution in [2.45, 2.75) is 25.8 Å². The number of nitrogens with two attached hydrogens (primary N) is 2. The van der Waals surface area contributed by atoms with E-state index >= 15 is 0 Å². The zero-order chi connectivity index (χ0) is 21.3. The number of hydrazine groups is 1. The Morgan fingerprint density at radius 1 is 1.17 bits per heavy atom. The van der Waals surface area contributed by atoms with Gasteiger partial charge in [0, 0.05) is 41.6 Å². The fourth-order valence-corrected chi connectivity index (χ4v) is 4.55. The largest absolute Gasteiger partial charge is 0.401 e. The summed E-state index contributed by atoms with van der Waals surface area (Å²) in [5.74, 6) is 6.40. The average molecular weight is 424 g/mol. The SMILES string of the molecule is C/C(N)=C1\c2ccc(C3=CCN(C)CC3)cc2C(Nc2cccc(Cl)c2)CCN1N. The minimum atomic E-state index is 0.105. The normalized spacial score (nSPS) is 21.5. The van der Waals surface area contributed by atoms with Crippen molar-refractivity contribution in [2.75, 3.05) is 32.0 Å². The highest BCUT2D eigenvalue weighted by Crippen LogP contribution is 2.37. The van der Waals surface area contributed by atoms with Crippen LogP contribution in [0.5, 0.6) is 0 Å². The first-order valence-corrected chi connectivity index (χ1v) is 10.8. The van der Waals surface area contributed by atoms with Crippen LogP contribution in [-0.2, 0) is 0 Å². The second kappa shape index (κ2) is 8.72. The molecule has 2 aromatic carbocycles. The maximum Gasteiger partial charge on any atom is 0.0777 e. The van der Waals surface area contributed by atoms with E-state index < -0.39 is 0 Å². The Labute approximate surface area is 183 Å². The third-order valence-electron chi connectivity index (χ3n) is 5.95. The lowest BCUT2D eigenvalue weighted by Gasteiger charge is -2.25. The van der Waals surface area contributed by atoms with E-state index in [0.717, 1.165) is 53.6 Å². The fraction of sp³-hybridized carbons (Fsp3) is 0.333. The minimum absolute atomic E-state index is 0.105. The van der Waals surface area contributed by atoms with E-state index in [4.69, 9.17) is 23.2 Å². The van der Waals surface area contributed by atoms with Crippen LogP contribution < -0.4 is 16.9 Å². The Morgan fingerprint density at radius 3 is 2.70 bits per heavy atom. The van der Waals surface area contributed by atoms with Crippen molar-refractivity contribution in [1.29, 1.82) is 0 Å². The summed E-state index contributed by atoms with van der Waals surface area (Å²) in [6, 6.07) is 14.7. The maximum absolute atomic E-state index is 6.40. The molecule has 0 saturated heterocycles. The molecule has 0 radical (unpaired) electrons. The summed E-state index contributed by atoms with van der Waals surface area (Å²) in [4.78, 5) is 2.33. The molecule has 5 nitrogen and oxygen atoms in total. The molecule has 30 heavy (non-hydrogen) atoms. The molecule has 1 unspecified atom stereocenters. The smallest absolute Gasteiger partial charge is 0.0777 e. The standard InChI is InChI=1S/C24H30ClN5/c1-16(26)24-21-7-6-18(17-8-11-29(2)12-9-17)14-22(21)23(10-13-30(24)27)28-20-5-3-4-19(25)15-20/h3-8,14-15,23,28H,9-13,26-27H2,1-2H3/b24-16-. The molecule has 4 rings (SSSR count). The molecule has 0 spiro atoms. The van der Waals surface area contributed by atoms with E-state index in [0.29, 0.717) is 6.54 Å². The molecule has 5 N–H and O–H groups in total. The van der Waals surface area contributed by atoms with Crippen LogP contribution in [0.3, 0.4) is 0 Å². The zero-order valence-electron chi connectivity index (χ0n) is 17.7. The number of benzene rings is 2. The second-order valence-corrected chi connectivity index (χ2v) is 8.70. The van der Waals surface area contributed by atoms with Crippen molar-refractivity contribution in [3.8, 4) is 0 Å². The Morgan fingerprint density at radius 2 is 2.00 bits per heavy atom. The summed E-state index contributed by atoms with van der Waals surface area (Å²) in [7, 11) is 2.16. The lowest BCUT2D eigenvalue weighted by atomic mass is 9.90. The number of fused-ring (bicyclic) bond motifs is 1. The lowest BCUT2D eigenvalue weighted by Crippen LogP contribution is -2.31. The van der Waals surface area contributed by atoms with E-state index in [1.807, 2.05) is 31.2 Å². The first-order valence-electron chi connectivity index (χ1n) is 10.5. The van der Waals surface area contributed by atoms with Crippen LogP contribution in [0.1, 0.15) is 42.5 Å². The molecule has 1 atom stereocenters. The van der Waals surface area contributed by atoms with Crippen molar-refractivity contribution in [1.82, 2.24) is 9.91 Å². The Hall–Kier alpha value is -2.47. The van der Waals surface area contributed by atoms with Crippen LogP contribution in [0.4, 0.5) is 5.69 Å². The molecule has 6 heteroatoms. The van der Waals surface area contributed by atoms with Crippen LogP contribution >= 0.6 is 11.6 Å². The third-order valence-corrected chi connectivity index (χ3v) is 6.19. The Kier molecular flexibility index (Phi) is 6.04. The number of nitrogens with zero attached hydrogens (tertiary/aromatic N) is 2. The van der Waals surface area contributed by atoms with Gasteiger partial charge in [-0.25, -0.2) is 5.84 Å². The van der Waals surface area contributed by atoms with E-state index in [9.17, 15) is 0 Å². The van der Waals surface area contributed by atoms with E-state index in [2.05, 4.69) is 41.5 Å². The zero-order valence-corrected chi connectivity index (χ0v) is 18.4. The highest BCUT2D eigenvalue weighted by Gasteiger charge is 2.26. The van der Waals surface area contributed by atoms with Gasteiger partial charge in [0.1, 0.15) is 0 Å². The minimum Gasteiger partial charge on any atom is -0.401 e. The predicted octanol–water partition coefficient (Wildman–Crippen LogP) is 4.44. The molecule has 0 saturated carbocycles. The molecule has 0 aliphatic carbocycles. The molecular formula is C24H30ClN5. The molecule has 0 amide bonds. The summed E-state index contributed by atoms with van der Waals surface area (Å²) in [6.07, 6.45) is 4.25. The number of halogens is 1. The van der Waals surface area contributed by atoms with Crippen molar-refractivity contribution >= 4 is 28.6 Å². The van der Waals surface area contributed by atoms with Crippen molar-refractivity contribution < 1.29 is 0 Å². The summed E-state index contributed by atoms with van der Waals surface area (Å²) in [6.45, 7) is 4.69. The molecule has 0 fully saturated rings. The number of anilines is 1. The van der Waals surface area contributed by atoms with E-state index in [1.165, 1.54) is 16.7 Å². The molecule has 2 aromatic rings. The number of rotatable bonds is 3. The van der Waals surface area contributed by atoms with Gasteiger partial charge in [-0.05, 0) is 67.8 Å². The van der Waals surface area contributed by atoms with Gasteiger partial charge >= 0.3 is 0 Å². The van der Waals surface area contributed by atoms with Gasteiger partial charge in [-0.1, -0.05) is 35.9 Å². The van der Waals surface area contributed by atoms with Gasteiger partial charge in [0.25, 0.3) is 0 Å². The Balaban J connectivity index is 1.78. The third kappa shape index (κ3) is 4.33. The number of hydrogen-bond acceptors (Lipinski definition) is 5. The fourth-order valence-electron chi connectivity index (χ4n) is 4.36. The van der Waals surface area contributed by atoms with Crippen LogP contribution in [0.15, 0.2) is 54.2 Å². The monoisotopic (exact) mass is 423 g/mol. The van der Waals surface area contributed by atoms with Crippen LogP contribution in [0.2, 0.25) is 5.02 Å². The average Bonchev–Trinajstić information content (AvgIpc) is 2.85. The van der Waals surface area contributed by atoms with Crippen molar-refractivity contribution in [3.05, 3.63) is 76.0 Å². The number of likely N-dealkylation sites (N-methyl/N-ethyl adjacent to an activating group) is 1. The quantitative estimate of drug-likeness (QED) is 0.636. The number of allylic oxidation sites excluding steroid dienone is 1. The molecule has 0 bridgehead atoms. The molecule has 2 heterocycles. The van der Waals surface area contributed by atoms with E-state index in [1.54, 1.807) is 5.01 Å². The van der Waals surface area contributed by atoms with Gasteiger partial charge in [-0.15, -0.1) is 0 Å². The summed E-state index contributed by atoms with van der Waals surface area (Å²) >= 11 is 6.22. The van der Waals surface area contributed by atoms with Crippen molar-refractivity contribution in [3.63, 3.8) is 0 Å². The second-order valence-electron chi connectivity index (χ2n) is 8.26. The molecular weight excluding hydrogens is 394 g/mol. The first-order chi connectivity index (χ1) is 14.4. The Bertz CT molecular complexity index is 993. The van der Waals surface area contributed by atoms with Gasteiger partial charge in [-0.3, -0.25) is 0 Å². The molecule has 2 aliphatic rings. The van der Waals surface area contributed by atoms with Crippen LogP contribution in [-0.4, -0.2) is 36.6 Å². The number of nitrogens with one attached hydrogen (secondary N) is 1. The van der Waals surface area contributed by atoms with Gasteiger partial charge < -0.3 is 21.0 Å².